The molecule has 88 valence electrons. The summed E-state index contributed by atoms with van der Waals surface area (Å²) in [5, 5.41) is 0.707. The van der Waals surface area contributed by atoms with Gasteiger partial charge in [0.1, 0.15) is 12.4 Å². The maximum Gasteiger partial charge on any atom is 0.119 e. The molecule has 0 saturated carbocycles. The van der Waals surface area contributed by atoms with Crippen molar-refractivity contribution in [1.29, 1.82) is 0 Å². The first-order valence-corrected chi connectivity index (χ1v) is 5.74. The van der Waals surface area contributed by atoms with Crippen LogP contribution in [0.25, 0.3) is 0 Å². The molecule has 0 aromatic heterocycles. The Kier molecular flexibility index (Phi) is 5.36. The van der Waals surface area contributed by atoms with E-state index in [-0.39, 0.29) is 6.04 Å². The second-order valence-electron chi connectivity index (χ2n) is 4.02. The van der Waals surface area contributed by atoms with Crippen molar-refractivity contribution in [1.82, 2.24) is 0 Å². The van der Waals surface area contributed by atoms with Crippen LogP contribution in [-0.4, -0.2) is 12.6 Å². The minimum absolute atomic E-state index is 0.0485. The van der Waals surface area contributed by atoms with Crippen LogP contribution in [0.2, 0.25) is 5.02 Å². The number of ether oxygens (including phenoxy) is 1. The lowest BCUT2D eigenvalue weighted by Crippen LogP contribution is -2.27. The number of rotatable bonds is 6. The molecule has 1 aromatic rings. The Morgan fingerprint density at radius 1 is 1.44 bits per heavy atom. The van der Waals surface area contributed by atoms with Crippen LogP contribution in [0.5, 0.6) is 5.75 Å². The lowest BCUT2D eigenvalue weighted by atomic mass is 10.1. The van der Waals surface area contributed by atoms with Gasteiger partial charge in [-0.2, -0.15) is 0 Å². The third-order valence-electron chi connectivity index (χ3n) is 2.22. The summed E-state index contributed by atoms with van der Waals surface area (Å²) in [6, 6.07) is 7.33. The van der Waals surface area contributed by atoms with Gasteiger partial charge in [-0.3, -0.25) is 0 Å². The zero-order valence-electron chi connectivity index (χ0n) is 9.58. The van der Waals surface area contributed by atoms with Crippen LogP contribution >= 0.6 is 11.6 Å². The van der Waals surface area contributed by atoms with E-state index in [0.29, 0.717) is 11.6 Å². The first-order chi connectivity index (χ1) is 7.58. The summed E-state index contributed by atoms with van der Waals surface area (Å²) in [7, 11) is 0. The monoisotopic (exact) mass is 239 g/mol. The number of hydrogen-bond donors (Lipinski definition) is 1. The van der Waals surface area contributed by atoms with Gasteiger partial charge in [-0.05, 0) is 44.0 Å². The molecule has 1 aromatic carbocycles. The fourth-order valence-corrected chi connectivity index (χ4v) is 1.38. The number of nitrogens with two attached hydrogens (primary N) is 1. The van der Waals surface area contributed by atoms with Gasteiger partial charge in [-0.25, -0.2) is 0 Å². The van der Waals surface area contributed by atoms with Crippen molar-refractivity contribution in [3.05, 3.63) is 41.4 Å². The van der Waals surface area contributed by atoms with Crippen LogP contribution in [0.3, 0.4) is 0 Å². The number of benzene rings is 1. The van der Waals surface area contributed by atoms with Crippen LogP contribution < -0.4 is 10.5 Å². The maximum atomic E-state index is 5.91. The Morgan fingerprint density at radius 3 is 2.62 bits per heavy atom. The molecule has 1 atom stereocenters. The summed E-state index contributed by atoms with van der Waals surface area (Å²) in [5.74, 6) is 0.801. The molecular formula is C13H18ClNO. The van der Waals surface area contributed by atoms with E-state index >= 15 is 0 Å². The lowest BCUT2D eigenvalue weighted by molar-refractivity contribution is 0.282. The zero-order valence-corrected chi connectivity index (χ0v) is 10.3. The average molecular weight is 240 g/mol. The van der Waals surface area contributed by atoms with E-state index in [2.05, 4.69) is 6.58 Å². The van der Waals surface area contributed by atoms with Crippen molar-refractivity contribution in [3.8, 4) is 5.75 Å². The molecule has 1 unspecified atom stereocenters. The Bertz CT molecular complexity index is 334. The Labute approximate surface area is 102 Å². The highest BCUT2D eigenvalue weighted by Gasteiger charge is 2.03. The molecule has 0 bridgehead atoms. The van der Waals surface area contributed by atoms with Gasteiger partial charge in [0.25, 0.3) is 0 Å². The van der Waals surface area contributed by atoms with Crippen molar-refractivity contribution < 1.29 is 4.74 Å². The van der Waals surface area contributed by atoms with E-state index < -0.39 is 0 Å². The van der Waals surface area contributed by atoms with E-state index in [1.54, 1.807) is 12.1 Å². The number of hydrogen-bond acceptors (Lipinski definition) is 2. The fraction of sp³-hybridized carbons (Fsp3) is 0.385. The third kappa shape index (κ3) is 5.19. The van der Waals surface area contributed by atoms with Crippen molar-refractivity contribution in [2.75, 3.05) is 6.61 Å². The Morgan fingerprint density at radius 2 is 2.06 bits per heavy atom. The average Bonchev–Trinajstić information content (AvgIpc) is 2.25. The van der Waals surface area contributed by atoms with Crippen LogP contribution in [0, 0.1) is 0 Å². The van der Waals surface area contributed by atoms with E-state index in [1.807, 2.05) is 19.1 Å². The number of allylic oxidation sites excluding steroid dienone is 1. The molecule has 2 nitrogen and oxygen atoms in total. The molecule has 2 N–H and O–H groups in total. The van der Waals surface area contributed by atoms with Gasteiger partial charge >= 0.3 is 0 Å². The largest absolute Gasteiger partial charge is 0.492 e. The second-order valence-corrected chi connectivity index (χ2v) is 4.46. The molecule has 0 amide bonds. The minimum Gasteiger partial charge on any atom is -0.492 e. The highest BCUT2D eigenvalue weighted by molar-refractivity contribution is 6.30. The summed E-state index contributed by atoms with van der Waals surface area (Å²) in [5.41, 5.74) is 7.06. The summed E-state index contributed by atoms with van der Waals surface area (Å²) in [6.07, 6.45) is 1.86. The predicted octanol–water partition coefficient (Wildman–Crippen LogP) is 3.40. The van der Waals surface area contributed by atoms with Crippen molar-refractivity contribution in [3.63, 3.8) is 0 Å². The summed E-state index contributed by atoms with van der Waals surface area (Å²) < 4.78 is 5.54. The van der Waals surface area contributed by atoms with E-state index in [9.17, 15) is 0 Å². The minimum atomic E-state index is 0.0485. The van der Waals surface area contributed by atoms with Crippen LogP contribution in [-0.2, 0) is 0 Å². The molecule has 0 aliphatic heterocycles. The molecule has 0 fully saturated rings. The van der Waals surface area contributed by atoms with Gasteiger partial charge in [0.15, 0.2) is 0 Å². The van der Waals surface area contributed by atoms with Gasteiger partial charge in [0.2, 0.25) is 0 Å². The van der Waals surface area contributed by atoms with Crippen LogP contribution in [0.15, 0.2) is 36.4 Å². The van der Waals surface area contributed by atoms with Crippen LogP contribution in [0.4, 0.5) is 0 Å². The topological polar surface area (TPSA) is 35.2 Å². The SMILES string of the molecule is C=C(C)CCC(N)COc1ccc(Cl)cc1. The standard InChI is InChI=1S/C13H18ClNO/c1-10(2)3-6-12(15)9-16-13-7-4-11(14)5-8-13/h4-5,7-8,12H,1,3,6,9,15H2,2H3. The second kappa shape index (κ2) is 6.56. The van der Waals surface area contributed by atoms with Gasteiger partial charge in [-0.1, -0.05) is 17.2 Å². The summed E-state index contributed by atoms with van der Waals surface area (Å²) >= 11 is 5.77. The van der Waals surface area contributed by atoms with Crippen molar-refractivity contribution >= 4 is 11.6 Å². The van der Waals surface area contributed by atoms with Crippen molar-refractivity contribution in [2.24, 2.45) is 5.73 Å². The predicted molar refractivity (Wildman–Crippen MR) is 69.0 cm³/mol. The zero-order chi connectivity index (χ0) is 12.0. The number of halogens is 1. The van der Waals surface area contributed by atoms with E-state index in [1.165, 1.54) is 0 Å². The Hall–Kier alpha value is -0.990. The summed E-state index contributed by atoms with van der Waals surface area (Å²) in [6.45, 7) is 6.37. The third-order valence-corrected chi connectivity index (χ3v) is 2.47. The maximum absolute atomic E-state index is 5.91. The molecule has 0 radical (unpaired) electrons. The first kappa shape index (κ1) is 13.1. The molecule has 0 spiro atoms. The molecule has 0 aliphatic rings. The van der Waals surface area contributed by atoms with Crippen LogP contribution in [0.1, 0.15) is 19.8 Å². The van der Waals surface area contributed by atoms with E-state index in [4.69, 9.17) is 22.1 Å². The molecule has 1 rings (SSSR count). The molecular weight excluding hydrogens is 222 g/mol. The molecule has 0 aliphatic carbocycles. The molecule has 0 saturated heterocycles. The van der Waals surface area contributed by atoms with Gasteiger partial charge < -0.3 is 10.5 Å². The molecule has 0 heterocycles. The smallest absolute Gasteiger partial charge is 0.119 e. The lowest BCUT2D eigenvalue weighted by Gasteiger charge is -2.13. The highest BCUT2D eigenvalue weighted by atomic mass is 35.5. The Balaban J connectivity index is 2.28. The van der Waals surface area contributed by atoms with Gasteiger partial charge in [0, 0.05) is 11.1 Å². The normalized spacial score (nSPS) is 12.2. The highest BCUT2D eigenvalue weighted by Crippen LogP contribution is 2.15. The molecule has 16 heavy (non-hydrogen) atoms. The quantitative estimate of drug-likeness (QED) is 0.773. The molecule has 3 heteroatoms. The van der Waals surface area contributed by atoms with Gasteiger partial charge in [-0.15, -0.1) is 6.58 Å². The first-order valence-electron chi connectivity index (χ1n) is 5.36. The summed E-state index contributed by atoms with van der Waals surface area (Å²) in [4.78, 5) is 0. The van der Waals surface area contributed by atoms with Gasteiger partial charge in [0.05, 0.1) is 0 Å². The van der Waals surface area contributed by atoms with E-state index in [0.717, 1.165) is 24.2 Å². The van der Waals surface area contributed by atoms with Crippen molar-refractivity contribution in [2.45, 2.75) is 25.8 Å². The fourth-order valence-electron chi connectivity index (χ4n) is 1.25.